The van der Waals surface area contributed by atoms with Crippen LogP contribution < -0.4 is 10.6 Å². The summed E-state index contributed by atoms with van der Waals surface area (Å²) < 4.78 is 6.66. The van der Waals surface area contributed by atoms with Gasteiger partial charge in [-0.1, -0.05) is 75.7 Å². The number of carboxylic acids is 1. The minimum absolute atomic E-state index is 0.0509. The zero-order chi connectivity index (χ0) is 40.1. The number of amides is 2. The third-order valence-corrected chi connectivity index (χ3v) is 12.9. The summed E-state index contributed by atoms with van der Waals surface area (Å²) in [5, 5.41) is 15.5. The largest absolute Gasteiger partial charge is 0.481 e. The van der Waals surface area contributed by atoms with Crippen LogP contribution in [0.2, 0.25) is 0 Å². The van der Waals surface area contributed by atoms with Crippen molar-refractivity contribution in [2.75, 3.05) is 52.6 Å². The second-order valence-electron chi connectivity index (χ2n) is 19.1. The molecule has 0 fully saturated rings. The zero-order valence-electron chi connectivity index (χ0n) is 35.0. The van der Waals surface area contributed by atoms with E-state index < -0.39 is 33.0 Å². The van der Waals surface area contributed by atoms with Gasteiger partial charge in [-0.3, -0.25) is 19.2 Å². The first kappa shape index (κ1) is 49.5. The zero-order valence-corrected chi connectivity index (χ0v) is 36.8. The van der Waals surface area contributed by atoms with Gasteiger partial charge in [-0.25, -0.2) is 0 Å². The summed E-state index contributed by atoms with van der Waals surface area (Å²) in [4.78, 5) is 52.2. The lowest BCUT2D eigenvalue weighted by molar-refractivity contribution is -0.890. The number of rotatable bonds is 24. The fourth-order valence-electron chi connectivity index (χ4n) is 7.68. The van der Waals surface area contributed by atoms with E-state index in [2.05, 4.69) is 119 Å². The van der Waals surface area contributed by atoms with E-state index >= 15 is 0 Å². The minimum Gasteiger partial charge on any atom is -0.481 e. The van der Waals surface area contributed by atoms with Crippen LogP contribution in [0.25, 0.3) is 0 Å². The predicted molar refractivity (Wildman–Crippen MR) is 217 cm³/mol. The number of carboxylic acid groups (broad SMARTS) is 1. The summed E-state index contributed by atoms with van der Waals surface area (Å²) in [5.41, 5.74) is -4.00. The molecule has 9 nitrogen and oxygen atoms in total. The number of thiol groups is 2. The summed E-state index contributed by atoms with van der Waals surface area (Å²) in [6, 6.07) is 0. The Hall–Kier alpha value is -1.46. The van der Waals surface area contributed by atoms with Gasteiger partial charge in [-0.05, 0) is 66.9 Å². The molecule has 0 radical (unpaired) electrons. The molecule has 300 valence electrons. The van der Waals surface area contributed by atoms with Crippen LogP contribution in [-0.2, 0) is 23.9 Å². The molecule has 0 aliphatic carbocycles. The summed E-state index contributed by atoms with van der Waals surface area (Å²) in [6.07, 6.45) is 6.11. The number of hydrogen-bond donors (Lipinski definition) is 5. The van der Waals surface area contributed by atoms with Gasteiger partial charge in [0.05, 0.1) is 51.0 Å². The van der Waals surface area contributed by atoms with Crippen molar-refractivity contribution < 1.29 is 33.5 Å². The number of unbranched alkanes of at least 4 members (excludes halogenated alkanes) is 1. The van der Waals surface area contributed by atoms with Crippen LogP contribution in [0.4, 0.5) is 0 Å². The van der Waals surface area contributed by atoms with Gasteiger partial charge in [0, 0.05) is 31.1 Å². The Morgan fingerprint density at radius 3 is 1.82 bits per heavy atom. The molecule has 0 saturated heterocycles. The molecule has 3 unspecified atom stereocenters. The van der Waals surface area contributed by atoms with Gasteiger partial charge in [-0.2, -0.15) is 25.3 Å². The van der Waals surface area contributed by atoms with Crippen molar-refractivity contribution in [3.63, 3.8) is 0 Å². The fraction of sp³-hybridized carbons (Fsp3) is 0.900. The van der Waals surface area contributed by atoms with E-state index in [4.69, 9.17) is 9.84 Å². The van der Waals surface area contributed by atoms with Gasteiger partial charge in [0.15, 0.2) is 0 Å². The Morgan fingerprint density at radius 2 is 1.31 bits per heavy atom. The van der Waals surface area contributed by atoms with Crippen molar-refractivity contribution in [1.29, 1.82) is 0 Å². The van der Waals surface area contributed by atoms with E-state index in [9.17, 15) is 19.2 Å². The Labute approximate surface area is 323 Å². The lowest BCUT2D eigenvalue weighted by Gasteiger charge is -2.62. The lowest BCUT2D eigenvalue weighted by atomic mass is 9.40. The third-order valence-electron chi connectivity index (χ3n) is 12.2. The molecule has 51 heavy (non-hydrogen) atoms. The molecule has 0 heterocycles. The molecule has 0 aromatic heterocycles. The predicted octanol–water partition coefficient (Wildman–Crippen LogP) is 7.82. The SMILES string of the molecule is CC(C)(C)CC(C)(C(=O)OCCNC(=O)CCCCC(S)CCS)C(C)(C)C(C)(C)C(C)(C(=O)NCCC[N+](C)(C)CCCC(=O)O)C(C)(C)C. The van der Waals surface area contributed by atoms with E-state index in [1.165, 1.54) is 0 Å². The fourth-order valence-corrected chi connectivity index (χ4v) is 8.51. The minimum atomic E-state index is -0.973. The molecule has 0 aliphatic rings. The van der Waals surface area contributed by atoms with Gasteiger partial charge in [0.1, 0.15) is 6.61 Å². The molecule has 11 heteroatoms. The van der Waals surface area contributed by atoms with Gasteiger partial charge >= 0.3 is 11.9 Å². The monoisotopic (exact) mass is 761 g/mol. The number of carbonyl (C=O) groups excluding carboxylic acids is 3. The lowest BCUT2D eigenvalue weighted by Crippen LogP contribution is -2.64. The van der Waals surface area contributed by atoms with E-state index in [0.717, 1.165) is 50.9 Å². The maximum Gasteiger partial charge on any atom is 0.312 e. The summed E-state index contributed by atoms with van der Waals surface area (Å²) >= 11 is 8.81. The third kappa shape index (κ3) is 14.7. The van der Waals surface area contributed by atoms with Crippen molar-refractivity contribution in [2.24, 2.45) is 32.5 Å². The highest BCUT2D eigenvalue weighted by Crippen LogP contribution is 2.66. The van der Waals surface area contributed by atoms with Crippen molar-refractivity contribution in [3.05, 3.63) is 0 Å². The highest BCUT2D eigenvalue weighted by Gasteiger charge is 2.66. The molecule has 0 spiro atoms. The van der Waals surface area contributed by atoms with Crippen LogP contribution in [0.3, 0.4) is 0 Å². The summed E-state index contributed by atoms with van der Waals surface area (Å²) in [6.45, 7) is 27.4. The van der Waals surface area contributed by atoms with Crippen LogP contribution in [0.5, 0.6) is 0 Å². The van der Waals surface area contributed by atoms with Gasteiger partial charge < -0.3 is 25.0 Å². The van der Waals surface area contributed by atoms with Crippen LogP contribution >= 0.6 is 25.3 Å². The van der Waals surface area contributed by atoms with E-state index in [-0.39, 0.29) is 42.8 Å². The normalized spacial score (nSPS) is 16.1. The molecule has 3 atom stereocenters. The Kier molecular flexibility index (Phi) is 19.7. The number of hydrogen-bond acceptors (Lipinski definition) is 7. The van der Waals surface area contributed by atoms with Crippen LogP contribution in [-0.4, -0.2) is 91.2 Å². The second-order valence-corrected chi connectivity index (χ2v) is 20.3. The topological polar surface area (TPSA) is 122 Å². The van der Waals surface area contributed by atoms with Crippen LogP contribution in [0.15, 0.2) is 0 Å². The maximum atomic E-state index is 14.4. The summed E-state index contributed by atoms with van der Waals surface area (Å²) in [7, 11) is 4.17. The second kappa shape index (κ2) is 20.3. The number of esters is 1. The molecule has 0 bridgehead atoms. The van der Waals surface area contributed by atoms with E-state index in [1.54, 1.807) is 0 Å². The molecule has 0 aromatic rings. The molecule has 0 aromatic carbocycles. The van der Waals surface area contributed by atoms with E-state index in [0.29, 0.717) is 35.5 Å². The first-order valence-corrected chi connectivity index (χ1v) is 20.2. The van der Waals surface area contributed by atoms with Crippen molar-refractivity contribution in [3.8, 4) is 0 Å². The summed E-state index contributed by atoms with van der Waals surface area (Å²) in [5.74, 6) is -0.405. The number of aliphatic carboxylic acids is 1. The van der Waals surface area contributed by atoms with Crippen LogP contribution in [0, 0.1) is 32.5 Å². The average Bonchev–Trinajstić information content (AvgIpc) is 2.97. The molecule has 3 N–H and O–H groups in total. The first-order chi connectivity index (χ1) is 23.0. The van der Waals surface area contributed by atoms with E-state index in [1.807, 2.05) is 13.8 Å². The number of ether oxygens (including phenoxy) is 1. The molecule has 0 saturated carbocycles. The van der Waals surface area contributed by atoms with Crippen molar-refractivity contribution in [2.45, 2.75) is 146 Å². The number of carbonyl (C=O) groups is 4. The Morgan fingerprint density at radius 1 is 0.745 bits per heavy atom. The molecule has 0 aliphatic heterocycles. The Balaban J connectivity index is 5.94. The van der Waals surface area contributed by atoms with Gasteiger partial charge in [0.2, 0.25) is 11.8 Å². The van der Waals surface area contributed by atoms with Crippen molar-refractivity contribution >= 4 is 49.0 Å². The standard InChI is InChI=1S/C40H77N3O6S2/c1-35(2,3)29-39(11,34(48)49-27-24-41-31(44)20-16-15-19-30(51)22-28-50)37(7,8)38(9,10)40(12,36(4,5)6)33(47)42-23-18-26-43(13,14)25-17-21-32(45)46/h30H,15-29H2,1-14H3,(H4-,41,42,44,45,46,47,50,51)/p+1. The number of quaternary nitrogens is 1. The van der Waals surface area contributed by atoms with Crippen LogP contribution in [0.1, 0.15) is 141 Å². The number of nitrogens with zero attached hydrogens (tertiary/aromatic N) is 1. The Bertz CT molecular complexity index is 1130. The first-order valence-electron chi connectivity index (χ1n) is 19.1. The average molecular weight is 761 g/mol. The molecule has 2 amide bonds. The number of nitrogens with one attached hydrogen (secondary N) is 2. The highest BCUT2D eigenvalue weighted by molar-refractivity contribution is 7.81. The van der Waals surface area contributed by atoms with Gasteiger partial charge in [-0.15, -0.1) is 0 Å². The van der Waals surface area contributed by atoms with Gasteiger partial charge in [0.25, 0.3) is 0 Å². The molecule has 0 rings (SSSR count). The smallest absolute Gasteiger partial charge is 0.312 e. The highest BCUT2D eigenvalue weighted by atomic mass is 32.1. The van der Waals surface area contributed by atoms with Crippen molar-refractivity contribution in [1.82, 2.24) is 10.6 Å². The quantitative estimate of drug-likeness (QED) is 0.0296. The molecular formula is C40H78N3O6S2+. The maximum absolute atomic E-state index is 14.4. The molecular weight excluding hydrogens is 683 g/mol.